The summed E-state index contributed by atoms with van der Waals surface area (Å²) in [6.45, 7) is 6.96. The Kier molecular flexibility index (Phi) is 56.7. The molecule has 0 aromatic rings. The average molecular weight is 904 g/mol. The van der Waals surface area contributed by atoms with E-state index in [1.165, 1.54) is 365 Å². The van der Waals surface area contributed by atoms with Gasteiger partial charge in [0.05, 0.1) is 0 Å². The minimum atomic E-state index is -1.60. The van der Waals surface area contributed by atoms with Gasteiger partial charge in [-0.15, -0.1) is 0 Å². The molecular formula is C61H126OSi. The lowest BCUT2D eigenvalue weighted by molar-refractivity contribution is 0.380. The van der Waals surface area contributed by atoms with Crippen molar-refractivity contribution in [2.24, 2.45) is 0 Å². The Morgan fingerprint density at radius 3 is 0.397 bits per heavy atom. The van der Waals surface area contributed by atoms with Crippen LogP contribution in [0.2, 0.25) is 18.1 Å². The Labute approximate surface area is 403 Å². The van der Waals surface area contributed by atoms with Crippen LogP contribution < -0.4 is 0 Å². The highest BCUT2D eigenvalue weighted by Crippen LogP contribution is 2.31. The van der Waals surface area contributed by atoms with Gasteiger partial charge in [0.25, 0.3) is 0 Å². The summed E-state index contributed by atoms with van der Waals surface area (Å²) in [7, 11) is 0.528. The lowest BCUT2D eigenvalue weighted by Crippen LogP contribution is -2.36. The Bertz CT molecular complexity index is 683. The highest BCUT2D eigenvalue weighted by molar-refractivity contribution is 6.73. The molecule has 0 bridgehead atoms. The Morgan fingerprint density at radius 2 is 0.286 bits per heavy atom. The molecule has 0 rings (SSSR count). The summed E-state index contributed by atoms with van der Waals surface area (Å²) in [5, 5.41) is 0. The molecule has 0 aliphatic carbocycles. The zero-order valence-corrected chi connectivity index (χ0v) is 46.2. The molecule has 0 aromatic heterocycles. The fraction of sp³-hybridized carbons (Fsp3) is 1.00. The second-order valence-corrected chi connectivity index (χ2v) is 25.9. The molecule has 63 heavy (non-hydrogen) atoms. The summed E-state index contributed by atoms with van der Waals surface area (Å²) in [5.41, 5.74) is 0. The second kappa shape index (κ2) is 56.5. The van der Waals surface area contributed by atoms with Crippen LogP contribution >= 0.6 is 0 Å². The highest BCUT2D eigenvalue weighted by atomic mass is 28.4. The van der Waals surface area contributed by atoms with Gasteiger partial charge in [0.15, 0.2) is 8.32 Å². The fourth-order valence-corrected chi connectivity index (χ4v) is 14.8. The van der Waals surface area contributed by atoms with Gasteiger partial charge in [-0.2, -0.15) is 0 Å². The van der Waals surface area contributed by atoms with Crippen LogP contribution in [0.15, 0.2) is 0 Å². The van der Waals surface area contributed by atoms with Crippen molar-refractivity contribution in [3.8, 4) is 0 Å². The highest BCUT2D eigenvalue weighted by Gasteiger charge is 2.32. The average Bonchev–Trinajstić information content (AvgIpc) is 3.30. The van der Waals surface area contributed by atoms with Crippen LogP contribution in [0.1, 0.15) is 367 Å². The molecule has 0 radical (unpaired) electrons. The van der Waals surface area contributed by atoms with Crippen molar-refractivity contribution < 1.29 is 4.43 Å². The van der Waals surface area contributed by atoms with Crippen LogP contribution in [-0.4, -0.2) is 15.4 Å². The van der Waals surface area contributed by atoms with Gasteiger partial charge >= 0.3 is 0 Å². The fourth-order valence-electron chi connectivity index (χ4n) is 10.7. The zero-order chi connectivity index (χ0) is 45.5. The molecule has 0 aliphatic rings. The van der Waals surface area contributed by atoms with Gasteiger partial charge in [-0.1, -0.05) is 367 Å². The number of hydrogen-bond acceptors (Lipinski definition) is 1. The van der Waals surface area contributed by atoms with Crippen molar-refractivity contribution >= 4 is 8.32 Å². The van der Waals surface area contributed by atoms with Crippen molar-refractivity contribution in [1.29, 1.82) is 0 Å². The molecule has 1 nitrogen and oxygen atoms in total. The second-order valence-electron chi connectivity index (χ2n) is 21.7. The molecule has 0 saturated heterocycles. The Balaban J connectivity index is 4.19. The molecule has 0 fully saturated rings. The van der Waals surface area contributed by atoms with Gasteiger partial charge in [-0.3, -0.25) is 0 Å². The first-order valence-corrected chi connectivity index (χ1v) is 33.3. The summed E-state index contributed by atoms with van der Waals surface area (Å²) in [6.07, 6.45) is 79.2. The lowest BCUT2D eigenvalue weighted by atomic mass is 10.0. The molecule has 0 aromatic carbocycles. The van der Waals surface area contributed by atoms with E-state index in [4.69, 9.17) is 4.43 Å². The molecule has 0 unspecified atom stereocenters. The van der Waals surface area contributed by atoms with Crippen molar-refractivity contribution in [2.75, 3.05) is 7.11 Å². The Hall–Kier alpha value is 0.177. The van der Waals surface area contributed by atoms with E-state index in [1.807, 2.05) is 0 Å². The van der Waals surface area contributed by atoms with E-state index in [-0.39, 0.29) is 0 Å². The van der Waals surface area contributed by atoms with Gasteiger partial charge in [0.1, 0.15) is 0 Å². The molecule has 2 heteroatoms. The van der Waals surface area contributed by atoms with Gasteiger partial charge in [0.2, 0.25) is 0 Å². The van der Waals surface area contributed by atoms with Gasteiger partial charge < -0.3 is 4.43 Å². The predicted octanol–water partition coefficient (Wildman–Crippen LogP) is 23.7. The first kappa shape index (κ1) is 63.2. The first-order chi connectivity index (χ1) is 31.2. The van der Waals surface area contributed by atoms with Crippen LogP contribution in [-0.2, 0) is 4.43 Å². The maximum Gasteiger partial charge on any atom is 0.192 e. The summed E-state index contributed by atoms with van der Waals surface area (Å²) in [6, 6.07) is 4.33. The smallest absolute Gasteiger partial charge is 0.192 e. The summed E-state index contributed by atoms with van der Waals surface area (Å²) in [5.74, 6) is 0. The van der Waals surface area contributed by atoms with Crippen LogP contribution in [0.3, 0.4) is 0 Å². The van der Waals surface area contributed by atoms with Crippen LogP contribution in [0.5, 0.6) is 0 Å². The van der Waals surface area contributed by atoms with Gasteiger partial charge in [-0.05, 0) is 18.1 Å². The minimum Gasteiger partial charge on any atom is -0.420 e. The number of rotatable bonds is 58. The topological polar surface area (TPSA) is 9.23 Å². The quantitative estimate of drug-likeness (QED) is 0.0437. The van der Waals surface area contributed by atoms with Crippen molar-refractivity contribution in [3.63, 3.8) is 0 Å². The molecule has 0 amide bonds. The molecule has 0 aliphatic heterocycles. The van der Waals surface area contributed by atoms with Crippen molar-refractivity contribution in [1.82, 2.24) is 0 Å². The molecular weight excluding hydrogens is 777 g/mol. The van der Waals surface area contributed by atoms with Crippen LogP contribution in [0.25, 0.3) is 0 Å². The SMILES string of the molecule is CCCCCCCCCCCCCCCCCCCC[Si](CCCCCCCCCCCCCCCCCCCC)(CCCCCCCCCCCCCCCCCCCC)OC. The summed E-state index contributed by atoms with van der Waals surface area (Å²) >= 11 is 0. The van der Waals surface area contributed by atoms with E-state index in [9.17, 15) is 0 Å². The number of unbranched alkanes of at least 4 members (excludes halogenated alkanes) is 51. The largest absolute Gasteiger partial charge is 0.420 e. The number of hydrogen-bond donors (Lipinski definition) is 0. The van der Waals surface area contributed by atoms with E-state index in [2.05, 4.69) is 27.9 Å². The van der Waals surface area contributed by atoms with E-state index in [0.29, 0.717) is 0 Å². The van der Waals surface area contributed by atoms with E-state index >= 15 is 0 Å². The molecule has 0 saturated carbocycles. The normalized spacial score (nSPS) is 12.0. The monoisotopic (exact) mass is 903 g/mol. The maximum absolute atomic E-state index is 6.68. The molecule has 0 spiro atoms. The molecule has 0 heterocycles. The van der Waals surface area contributed by atoms with Crippen LogP contribution in [0, 0.1) is 0 Å². The van der Waals surface area contributed by atoms with E-state index < -0.39 is 8.32 Å². The van der Waals surface area contributed by atoms with Crippen LogP contribution in [0.4, 0.5) is 0 Å². The third-order valence-electron chi connectivity index (χ3n) is 15.4. The molecule has 0 N–H and O–H groups in total. The molecule has 0 atom stereocenters. The minimum absolute atomic E-state index is 1.37. The van der Waals surface area contributed by atoms with Gasteiger partial charge in [-0.25, -0.2) is 0 Å². The molecule has 380 valence electrons. The van der Waals surface area contributed by atoms with Crippen molar-refractivity contribution in [3.05, 3.63) is 0 Å². The standard InChI is InChI=1S/C61H126OSi/c1-5-8-11-14-17-20-23-26-29-32-35-38-41-44-47-50-53-56-59-63(62-4,60-57-54-51-48-45-42-39-36-33-30-27-24-21-18-15-12-9-6-2)61-58-55-52-49-46-43-40-37-34-31-28-25-22-19-16-13-10-7-3/h5-61H2,1-4H3. The third-order valence-corrected chi connectivity index (χ3v) is 20.1. The predicted molar refractivity (Wildman–Crippen MR) is 294 cm³/mol. The van der Waals surface area contributed by atoms with E-state index in [0.717, 1.165) is 0 Å². The lowest BCUT2D eigenvalue weighted by Gasteiger charge is -2.30. The zero-order valence-electron chi connectivity index (χ0n) is 45.2. The van der Waals surface area contributed by atoms with Gasteiger partial charge in [0, 0.05) is 7.11 Å². The van der Waals surface area contributed by atoms with Crippen molar-refractivity contribution in [2.45, 2.75) is 386 Å². The Morgan fingerprint density at radius 1 is 0.175 bits per heavy atom. The third kappa shape index (κ3) is 51.4. The summed E-state index contributed by atoms with van der Waals surface area (Å²) < 4.78 is 6.68. The first-order valence-electron chi connectivity index (χ1n) is 30.8. The summed E-state index contributed by atoms with van der Waals surface area (Å²) in [4.78, 5) is 0. The van der Waals surface area contributed by atoms with E-state index in [1.54, 1.807) is 0 Å². The maximum atomic E-state index is 6.68.